The van der Waals surface area contributed by atoms with E-state index in [1.54, 1.807) is 17.8 Å². The maximum atomic E-state index is 11.9. The van der Waals surface area contributed by atoms with Gasteiger partial charge in [-0.05, 0) is 24.6 Å². The van der Waals surface area contributed by atoms with Crippen LogP contribution < -0.4 is 10.6 Å². The molecule has 1 saturated heterocycles. The van der Waals surface area contributed by atoms with Crippen molar-refractivity contribution in [3.8, 4) is 0 Å². The van der Waals surface area contributed by atoms with Gasteiger partial charge in [-0.25, -0.2) is 4.79 Å². The smallest absolute Gasteiger partial charge is 0.335 e. The largest absolute Gasteiger partial charge is 0.478 e. The van der Waals surface area contributed by atoms with E-state index in [2.05, 4.69) is 10.6 Å². The first-order valence-corrected chi connectivity index (χ1v) is 6.69. The Labute approximate surface area is 109 Å². The Morgan fingerprint density at radius 1 is 1.50 bits per heavy atom. The van der Waals surface area contributed by atoms with E-state index < -0.39 is 5.97 Å². The van der Waals surface area contributed by atoms with Gasteiger partial charge in [0.1, 0.15) is 0 Å². The van der Waals surface area contributed by atoms with E-state index in [1.807, 2.05) is 6.92 Å². The lowest BCUT2D eigenvalue weighted by Crippen LogP contribution is -2.37. The topological polar surface area (TPSA) is 78.4 Å². The predicted molar refractivity (Wildman–Crippen MR) is 71.0 cm³/mol. The fraction of sp³-hybridized carbons (Fsp3) is 0.333. The summed E-state index contributed by atoms with van der Waals surface area (Å²) in [6.45, 7) is 1.83. The molecule has 1 aromatic rings. The van der Waals surface area contributed by atoms with Crippen LogP contribution in [-0.4, -0.2) is 34.7 Å². The van der Waals surface area contributed by atoms with Crippen molar-refractivity contribution in [1.82, 2.24) is 5.32 Å². The zero-order valence-electron chi connectivity index (χ0n) is 9.90. The van der Waals surface area contributed by atoms with E-state index in [0.29, 0.717) is 5.69 Å². The molecule has 6 heteroatoms. The van der Waals surface area contributed by atoms with Gasteiger partial charge in [-0.3, -0.25) is 10.1 Å². The molecule has 96 valence electrons. The summed E-state index contributed by atoms with van der Waals surface area (Å²) in [4.78, 5) is 22.8. The van der Waals surface area contributed by atoms with Crippen molar-refractivity contribution in [2.45, 2.75) is 13.0 Å². The number of hydrogen-bond acceptors (Lipinski definition) is 4. The number of hydrogen-bond donors (Lipinski definition) is 3. The fourth-order valence-corrected chi connectivity index (χ4v) is 2.61. The number of benzene rings is 1. The predicted octanol–water partition coefficient (Wildman–Crippen LogP) is 1.29. The van der Waals surface area contributed by atoms with Gasteiger partial charge in [0.25, 0.3) is 0 Å². The van der Waals surface area contributed by atoms with Gasteiger partial charge < -0.3 is 10.4 Å². The van der Waals surface area contributed by atoms with Crippen LogP contribution in [0.4, 0.5) is 5.69 Å². The summed E-state index contributed by atoms with van der Waals surface area (Å²) < 4.78 is 0. The van der Waals surface area contributed by atoms with E-state index in [9.17, 15) is 9.59 Å². The van der Waals surface area contributed by atoms with Gasteiger partial charge in [0.2, 0.25) is 5.91 Å². The second-order valence-corrected chi connectivity index (χ2v) is 5.13. The average Bonchev–Trinajstić information content (AvgIpc) is 2.85. The summed E-state index contributed by atoms with van der Waals surface area (Å²) in [5, 5.41) is 14.8. The van der Waals surface area contributed by atoms with Crippen LogP contribution >= 0.6 is 11.8 Å². The number of carboxylic acids is 1. The number of aromatic carboxylic acids is 1. The molecule has 18 heavy (non-hydrogen) atoms. The van der Waals surface area contributed by atoms with Crippen molar-refractivity contribution >= 4 is 29.3 Å². The molecule has 3 N–H and O–H groups in total. The van der Waals surface area contributed by atoms with E-state index in [1.165, 1.54) is 12.1 Å². The molecule has 0 radical (unpaired) electrons. The zero-order chi connectivity index (χ0) is 13.1. The highest BCUT2D eigenvalue weighted by molar-refractivity contribution is 7.99. The van der Waals surface area contributed by atoms with Gasteiger partial charge in [0.15, 0.2) is 0 Å². The Morgan fingerprint density at radius 2 is 2.28 bits per heavy atom. The Morgan fingerprint density at radius 3 is 2.89 bits per heavy atom. The molecule has 0 aromatic heterocycles. The Balaban J connectivity index is 2.14. The monoisotopic (exact) mass is 266 g/mol. The van der Waals surface area contributed by atoms with Crippen LogP contribution in [0, 0.1) is 6.92 Å². The normalized spacial score (nSPS) is 18.6. The summed E-state index contributed by atoms with van der Waals surface area (Å²) in [6.07, 6.45) is 0. The number of carboxylic acid groups (broad SMARTS) is 1. The number of carbonyl (C=O) groups excluding carboxylic acids is 1. The Hall–Kier alpha value is -1.53. The minimum Gasteiger partial charge on any atom is -0.478 e. The van der Waals surface area contributed by atoms with Crippen molar-refractivity contribution in [2.24, 2.45) is 0 Å². The standard InChI is InChI=1S/C12H14N2O3S/c1-7-2-3-8(12(16)17)4-9(7)14-11(15)10-5-18-6-13-10/h2-4,10,13H,5-6H2,1H3,(H,14,15)(H,16,17). The summed E-state index contributed by atoms with van der Waals surface area (Å²) in [5.74, 6) is 0.390. The summed E-state index contributed by atoms with van der Waals surface area (Å²) >= 11 is 1.67. The lowest BCUT2D eigenvalue weighted by molar-refractivity contribution is -0.117. The van der Waals surface area contributed by atoms with E-state index in [4.69, 9.17) is 5.11 Å². The molecule has 1 aliphatic rings. The van der Waals surface area contributed by atoms with Crippen LogP contribution in [0.3, 0.4) is 0 Å². The van der Waals surface area contributed by atoms with Gasteiger partial charge in [-0.1, -0.05) is 6.07 Å². The molecule has 1 unspecified atom stereocenters. The fourth-order valence-electron chi connectivity index (χ4n) is 1.67. The third-order valence-corrected chi connectivity index (χ3v) is 3.72. The first-order chi connectivity index (χ1) is 8.58. The van der Waals surface area contributed by atoms with Crippen LogP contribution in [0.1, 0.15) is 15.9 Å². The van der Waals surface area contributed by atoms with E-state index >= 15 is 0 Å². The number of amides is 1. The molecule has 5 nitrogen and oxygen atoms in total. The number of thioether (sulfide) groups is 1. The average molecular weight is 266 g/mol. The summed E-state index contributed by atoms with van der Waals surface area (Å²) in [7, 11) is 0. The number of anilines is 1. The van der Waals surface area contributed by atoms with E-state index in [-0.39, 0.29) is 17.5 Å². The van der Waals surface area contributed by atoms with Crippen LogP contribution in [0.5, 0.6) is 0 Å². The third-order valence-electron chi connectivity index (χ3n) is 2.78. The first-order valence-electron chi connectivity index (χ1n) is 5.54. The molecule has 1 atom stereocenters. The quantitative estimate of drug-likeness (QED) is 0.768. The molecular weight excluding hydrogens is 252 g/mol. The van der Waals surface area contributed by atoms with E-state index in [0.717, 1.165) is 17.2 Å². The molecule has 0 saturated carbocycles. The van der Waals surface area contributed by atoms with Crippen LogP contribution in [-0.2, 0) is 4.79 Å². The minimum atomic E-state index is -1.000. The molecular formula is C12H14N2O3S. The molecule has 0 aliphatic carbocycles. The SMILES string of the molecule is Cc1ccc(C(=O)O)cc1NC(=O)C1CSCN1. The molecule has 1 fully saturated rings. The van der Waals surface area contributed by atoms with Crippen molar-refractivity contribution in [3.05, 3.63) is 29.3 Å². The van der Waals surface area contributed by atoms with Crippen LogP contribution in [0.15, 0.2) is 18.2 Å². The summed E-state index contributed by atoms with van der Waals surface area (Å²) in [5.41, 5.74) is 1.57. The van der Waals surface area contributed by atoms with Crippen molar-refractivity contribution in [2.75, 3.05) is 16.9 Å². The molecule has 1 heterocycles. The lowest BCUT2D eigenvalue weighted by atomic mass is 10.1. The molecule has 0 spiro atoms. The highest BCUT2D eigenvalue weighted by Gasteiger charge is 2.23. The molecule has 1 amide bonds. The second-order valence-electron chi connectivity index (χ2n) is 4.10. The molecule has 1 aliphatic heterocycles. The summed E-state index contributed by atoms with van der Waals surface area (Å²) in [6, 6.07) is 4.49. The second kappa shape index (κ2) is 5.41. The van der Waals surface area contributed by atoms with Gasteiger partial charge in [0, 0.05) is 17.3 Å². The van der Waals surface area contributed by atoms with Crippen LogP contribution in [0.25, 0.3) is 0 Å². The van der Waals surface area contributed by atoms with Crippen molar-refractivity contribution < 1.29 is 14.7 Å². The zero-order valence-corrected chi connectivity index (χ0v) is 10.7. The molecule has 1 aromatic carbocycles. The highest BCUT2D eigenvalue weighted by Crippen LogP contribution is 2.18. The Kier molecular flexibility index (Phi) is 3.88. The third kappa shape index (κ3) is 2.83. The number of nitrogens with one attached hydrogen (secondary N) is 2. The number of rotatable bonds is 3. The van der Waals surface area contributed by atoms with Gasteiger partial charge in [0.05, 0.1) is 11.6 Å². The maximum Gasteiger partial charge on any atom is 0.335 e. The van der Waals surface area contributed by atoms with Gasteiger partial charge in [-0.2, -0.15) is 0 Å². The highest BCUT2D eigenvalue weighted by atomic mass is 32.2. The van der Waals surface area contributed by atoms with Crippen molar-refractivity contribution in [1.29, 1.82) is 0 Å². The van der Waals surface area contributed by atoms with Gasteiger partial charge >= 0.3 is 5.97 Å². The minimum absolute atomic E-state index is 0.120. The lowest BCUT2D eigenvalue weighted by Gasteiger charge is -2.13. The maximum absolute atomic E-state index is 11.9. The van der Waals surface area contributed by atoms with Crippen LogP contribution in [0.2, 0.25) is 0 Å². The Bertz CT molecular complexity index is 484. The first kappa shape index (κ1) is 12.9. The van der Waals surface area contributed by atoms with Crippen molar-refractivity contribution in [3.63, 3.8) is 0 Å². The molecule has 2 rings (SSSR count). The van der Waals surface area contributed by atoms with Gasteiger partial charge in [-0.15, -0.1) is 11.8 Å². The molecule has 0 bridgehead atoms. The number of aryl methyl sites for hydroxylation is 1. The number of carbonyl (C=O) groups is 2.